The van der Waals surface area contributed by atoms with Crippen LogP contribution in [0.2, 0.25) is 0 Å². The second kappa shape index (κ2) is 7.50. The molecule has 0 aliphatic heterocycles. The molecule has 0 bridgehead atoms. The maximum absolute atomic E-state index is 2.33. The first-order valence-corrected chi connectivity index (χ1v) is 6.22. The van der Waals surface area contributed by atoms with Crippen molar-refractivity contribution in [1.82, 2.24) is 0 Å². The summed E-state index contributed by atoms with van der Waals surface area (Å²) < 4.78 is 0. The van der Waals surface area contributed by atoms with Gasteiger partial charge in [0.25, 0.3) is 0 Å². The van der Waals surface area contributed by atoms with Gasteiger partial charge < -0.3 is 0 Å². The Bertz CT molecular complexity index is 261. The van der Waals surface area contributed by atoms with Gasteiger partial charge in [0.1, 0.15) is 0 Å². The molecular weight excluding hydrogens is 180 g/mol. The second-order valence-corrected chi connectivity index (χ2v) is 3.96. The Kier molecular flexibility index (Phi) is 7.11. The molecule has 1 aromatic rings. The van der Waals surface area contributed by atoms with Crippen LogP contribution in [-0.4, -0.2) is 0 Å². The van der Waals surface area contributed by atoms with Crippen molar-refractivity contribution in [1.29, 1.82) is 0 Å². The fourth-order valence-electron chi connectivity index (χ4n) is 1.65. The highest BCUT2D eigenvalue weighted by Crippen LogP contribution is 2.16. The number of aryl methyl sites for hydroxylation is 3. The lowest BCUT2D eigenvalue weighted by molar-refractivity contribution is 0.793. The minimum atomic E-state index is 1.23. The number of unbranched alkanes of at least 4 members (excludes halogenated alkanes) is 1. The first kappa shape index (κ1) is 14.2. The van der Waals surface area contributed by atoms with Gasteiger partial charge in [0.2, 0.25) is 0 Å². The molecule has 15 heavy (non-hydrogen) atoms. The third-order valence-corrected chi connectivity index (χ3v) is 2.81. The van der Waals surface area contributed by atoms with E-state index >= 15 is 0 Å². The molecule has 0 aliphatic rings. The molecule has 0 heteroatoms. The van der Waals surface area contributed by atoms with E-state index in [9.17, 15) is 0 Å². The third kappa shape index (κ3) is 4.51. The van der Waals surface area contributed by atoms with E-state index in [-0.39, 0.29) is 0 Å². The van der Waals surface area contributed by atoms with Crippen LogP contribution in [0.5, 0.6) is 0 Å². The van der Waals surface area contributed by atoms with Crippen molar-refractivity contribution in [3.63, 3.8) is 0 Å². The molecule has 0 N–H and O–H groups in total. The molecule has 1 aromatic carbocycles. The summed E-state index contributed by atoms with van der Waals surface area (Å²) in [5.74, 6) is 0. The van der Waals surface area contributed by atoms with Gasteiger partial charge in [0.05, 0.1) is 0 Å². The Morgan fingerprint density at radius 3 is 1.80 bits per heavy atom. The van der Waals surface area contributed by atoms with Crippen molar-refractivity contribution in [3.05, 3.63) is 34.4 Å². The summed E-state index contributed by atoms with van der Waals surface area (Å²) >= 11 is 0. The number of rotatable bonds is 3. The van der Waals surface area contributed by atoms with E-state index in [4.69, 9.17) is 0 Å². The highest BCUT2D eigenvalue weighted by Gasteiger charge is 2.00. The monoisotopic (exact) mass is 206 g/mol. The van der Waals surface area contributed by atoms with Crippen molar-refractivity contribution in [2.24, 2.45) is 0 Å². The predicted octanol–water partition coefficient (Wildman–Crippen LogP) is 4.98. The molecule has 0 fully saturated rings. The predicted molar refractivity (Wildman–Crippen MR) is 70.6 cm³/mol. The lowest BCUT2D eigenvalue weighted by atomic mass is 9.98. The summed E-state index contributed by atoms with van der Waals surface area (Å²) in [6.45, 7) is 12.9. The van der Waals surface area contributed by atoms with Crippen molar-refractivity contribution >= 4 is 0 Å². The van der Waals surface area contributed by atoms with E-state index in [1.165, 1.54) is 41.5 Å². The second-order valence-electron chi connectivity index (χ2n) is 3.96. The number of benzene rings is 1. The summed E-state index contributed by atoms with van der Waals surface area (Å²) in [7, 11) is 0. The lowest BCUT2D eigenvalue weighted by Gasteiger charge is -2.08. The van der Waals surface area contributed by atoms with Gasteiger partial charge >= 0.3 is 0 Å². The minimum Gasteiger partial charge on any atom is -0.0683 e. The van der Waals surface area contributed by atoms with Crippen LogP contribution in [0.25, 0.3) is 0 Å². The molecular formula is C15H26. The smallest absolute Gasteiger partial charge is 0.0279 e. The van der Waals surface area contributed by atoms with Crippen LogP contribution in [0.1, 0.15) is 55.9 Å². The summed E-state index contributed by atoms with van der Waals surface area (Å²) in [5, 5.41) is 0. The van der Waals surface area contributed by atoms with Crippen LogP contribution in [0.4, 0.5) is 0 Å². The molecule has 86 valence electrons. The van der Waals surface area contributed by atoms with Crippen molar-refractivity contribution in [2.45, 2.75) is 60.8 Å². The van der Waals surface area contributed by atoms with Crippen LogP contribution in [0, 0.1) is 20.8 Å². The Hall–Kier alpha value is -0.780. The third-order valence-electron chi connectivity index (χ3n) is 2.81. The van der Waals surface area contributed by atoms with Gasteiger partial charge in [-0.2, -0.15) is 0 Å². The summed E-state index contributed by atoms with van der Waals surface area (Å²) in [4.78, 5) is 0. The zero-order chi connectivity index (χ0) is 11.8. The van der Waals surface area contributed by atoms with E-state index in [1.54, 1.807) is 0 Å². The van der Waals surface area contributed by atoms with Crippen molar-refractivity contribution in [3.8, 4) is 0 Å². The normalized spacial score (nSPS) is 9.47. The first-order chi connectivity index (χ1) is 7.15. The largest absolute Gasteiger partial charge is 0.0683 e. The standard InChI is InChI=1S/C13H20.C2H6/c1-5-6-7-13-8-10(2)12(4)11(3)9-13;1-2/h8-9H,5-7H2,1-4H3;1-2H3. The Balaban J connectivity index is 0.000000921. The molecule has 0 radical (unpaired) electrons. The molecule has 0 aromatic heterocycles. The Morgan fingerprint density at radius 1 is 0.933 bits per heavy atom. The van der Waals surface area contributed by atoms with Crippen LogP contribution in [-0.2, 0) is 6.42 Å². The molecule has 1 rings (SSSR count). The van der Waals surface area contributed by atoms with Gasteiger partial charge in [-0.25, -0.2) is 0 Å². The van der Waals surface area contributed by atoms with Crippen LogP contribution < -0.4 is 0 Å². The highest BCUT2D eigenvalue weighted by molar-refractivity contribution is 5.36. The van der Waals surface area contributed by atoms with Gasteiger partial charge in [-0.1, -0.05) is 39.3 Å². The van der Waals surface area contributed by atoms with E-state index in [1.807, 2.05) is 13.8 Å². The Labute approximate surface area is 95.7 Å². The fraction of sp³-hybridized carbons (Fsp3) is 0.600. The average Bonchev–Trinajstić information content (AvgIpc) is 2.25. The van der Waals surface area contributed by atoms with Crippen LogP contribution >= 0.6 is 0 Å². The Morgan fingerprint density at radius 2 is 1.40 bits per heavy atom. The van der Waals surface area contributed by atoms with E-state index < -0.39 is 0 Å². The van der Waals surface area contributed by atoms with E-state index in [0.29, 0.717) is 0 Å². The zero-order valence-electron chi connectivity index (χ0n) is 11.3. The van der Waals surface area contributed by atoms with Gasteiger partial charge in [0.15, 0.2) is 0 Å². The molecule has 0 heterocycles. The topological polar surface area (TPSA) is 0 Å². The number of hydrogen-bond donors (Lipinski definition) is 0. The summed E-state index contributed by atoms with van der Waals surface area (Å²) in [6, 6.07) is 4.66. The number of hydrogen-bond acceptors (Lipinski definition) is 0. The quantitative estimate of drug-likeness (QED) is 0.654. The molecule has 0 unspecified atom stereocenters. The van der Waals surface area contributed by atoms with Gasteiger partial charge in [-0.15, -0.1) is 0 Å². The molecule has 0 saturated carbocycles. The van der Waals surface area contributed by atoms with Gasteiger partial charge in [-0.05, 0) is 55.9 Å². The lowest BCUT2D eigenvalue weighted by Crippen LogP contribution is -1.92. The highest BCUT2D eigenvalue weighted by atomic mass is 14.1. The molecule has 0 aliphatic carbocycles. The maximum atomic E-state index is 2.33. The van der Waals surface area contributed by atoms with E-state index in [2.05, 4.69) is 39.8 Å². The maximum Gasteiger partial charge on any atom is -0.0279 e. The van der Waals surface area contributed by atoms with Crippen LogP contribution in [0.3, 0.4) is 0 Å². The molecule has 0 amide bonds. The fourth-order valence-corrected chi connectivity index (χ4v) is 1.65. The van der Waals surface area contributed by atoms with Gasteiger partial charge in [-0.3, -0.25) is 0 Å². The first-order valence-electron chi connectivity index (χ1n) is 6.22. The molecule has 0 atom stereocenters. The van der Waals surface area contributed by atoms with Crippen molar-refractivity contribution < 1.29 is 0 Å². The SMILES string of the molecule is CC.CCCCc1cc(C)c(C)c(C)c1. The van der Waals surface area contributed by atoms with E-state index in [0.717, 1.165) is 0 Å². The van der Waals surface area contributed by atoms with Gasteiger partial charge in [0, 0.05) is 0 Å². The average molecular weight is 206 g/mol. The zero-order valence-corrected chi connectivity index (χ0v) is 11.3. The van der Waals surface area contributed by atoms with Crippen molar-refractivity contribution in [2.75, 3.05) is 0 Å². The molecule has 0 nitrogen and oxygen atoms in total. The van der Waals surface area contributed by atoms with Crippen LogP contribution in [0.15, 0.2) is 12.1 Å². The summed E-state index contributed by atoms with van der Waals surface area (Å²) in [6.07, 6.45) is 3.83. The molecule has 0 saturated heterocycles. The summed E-state index contributed by atoms with van der Waals surface area (Å²) in [5.41, 5.74) is 5.82. The molecule has 0 spiro atoms. The minimum absolute atomic E-state index is 1.23.